The van der Waals surface area contributed by atoms with E-state index in [1.807, 2.05) is 37.3 Å². The summed E-state index contributed by atoms with van der Waals surface area (Å²) in [5, 5.41) is 32.4. The van der Waals surface area contributed by atoms with Crippen molar-refractivity contribution in [3.63, 3.8) is 0 Å². The van der Waals surface area contributed by atoms with Gasteiger partial charge in [-0.2, -0.15) is 19.9 Å². The zero-order valence-corrected chi connectivity index (χ0v) is 88.9. The molecule has 2 fully saturated rings. The first-order valence-corrected chi connectivity index (χ1v) is 60.3. The second-order valence-corrected chi connectivity index (χ2v) is 55.3. The van der Waals surface area contributed by atoms with E-state index in [0.29, 0.717) is 102 Å². The van der Waals surface area contributed by atoms with E-state index in [0.717, 1.165) is 65.2 Å². The van der Waals surface area contributed by atoms with Crippen molar-refractivity contribution in [2.45, 2.75) is 78.7 Å². The highest BCUT2D eigenvalue weighted by atomic mass is 35.5. The number of piperidine rings is 1. The Kier molecular flexibility index (Phi) is 35.1. The van der Waals surface area contributed by atoms with E-state index in [9.17, 15) is 48.3 Å². The minimum absolute atomic E-state index is 0.0972. The lowest BCUT2D eigenvalue weighted by molar-refractivity contribution is -0.105. The smallest absolute Gasteiger partial charge is 0.240 e. The van der Waals surface area contributed by atoms with E-state index in [-0.39, 0.29) is 54.6 Å². The zero-order chi connectivity index (χ0) is 102. The summed E-state index contributed by atoms with van der Waals surface area (Å²) in [7, 11) is -12.5. The van der Waals surface area contributed by atoms with E-state index in [2.05, 4.69) is 116 Å². The normalized spacial score (nSPS) is 13.5. The number of sulfone groups is 2. The van der Waals surface area contributed by atoms with Crippen molar-refractivity contribution in [1.82, 2.24) is 54.2 Å². The van der Waals surface area contributed by atoms with Gasteiger partial charge in [0.05, 0.1) is 113 Å². The van der Waals surface area contributed by atoms with Crippen LogP contribution in [0.4, 0.5) is 92.4 Å². The molecule has 0 spiro atoms. The molecule has 15 rings (SSSR count). The molecule has 0 radical (unpaired) electrons. The number of carbonyl (C=O) groups excluding carboxylic acids is 1. The van der Waals surface area contributed by atoms with Crippen LogP contribution in [0.15, 0.2) is 216 Å². The van der Waals surface area contributed by atoms with Gasteiger partial charge in [0.25, 0.3) is 0 Å². The molecule has 5 aromatic heterocycles. The molecule has 0 bridgehead atoms. The Bertz CT molecular complexity index is 7320. The molecule has 8 aromatic carbocycles. The van der Waals surface area contributed by atoms with Crippen LogP contribution in [0.25, 0.3) is 16.7 Å². The zero-order valence-electron chi connectivity index (χ0n) is 81.4. The first-order valence-electron chi connectivity index (χ1n) is 44.5. The maximum atomic E-state index is 13.0. The number of piperazine rings is 1. The fourth-order valence-corrected chi connectivity index (χ4v) is 22.3. The number of ether oxygens (including phenoxy) is 4. The quantitative estimate of drug-likeness (QED) is 0.0140. The summed E-state index contributed by atoms with van der Waals surface area (Å²) >= 11 is 12.7. The van der Waals surface area contributed by atoms with Gasteiger partial charge in [-0.25, -0.2) is 50.3 Å². The lowest BCUT2D eigenvalue weighted by Gasteiger charge is -2.42. The molecule has 10 N–H and O–H groups in total. The molecule has 13 aromatic rings. The van der Waals surface area contributed by atoms with E-state index in [1.165, 1.54) is 64.7 Å². The number of carbonyl (C=O) groups is 1. The summed E-state index contributed by atoms with van der Waals surface area (Å²) in [5.41, 5.74) is 7.22. The average molecular weight is 2100 g/mol. The van der Waals surface area contributed by atoms with Gasteiger partial charge in [-0.3, -0.25) is 14.3 Å². The number of sulfonamides is 1. The van der Waals surface area contributed by atoms with Crippen molar-refractivity contribution < 1.29 is 67.3 Å². The van der Waals surface area contributed by atoms with Crippen LogP contribution in [0.5, 0.6) is 23.0 Å². The molecule has 7 heterocycles. The number of benzene rings is 8. The molecule has 2 aliphatic rings. The van der Waals surface area contributed by atoms with Crippen LogP contribution >= 0.6 is 51.8 Å². The number of nitrogens with two attached hydrogens (primary N) is 1. The predicted molar refractivity (Wildman–Crippen MR) is 570 cm³/mol. The number of aryl methyl sites for hydroxylation is 1. The molecule has 2 saturated heterocycles. The number of anilines is 16. The fourth-order valence-electron chi connectivity index (χ4n) is 15.1. The Labute approximate surface area is 832 Å². The van der Waals surface area contributed by atoms with Crippen LogP contribution in [0.2, 0.25) is 10.0 Å². The van der Waals surface area contributed by atoms with Crippen molar-refractivity contribution in [2.75, 3.05) is 176 Å². The van der Waals surface area contributed by atoms with E-state index < -0.39 is 68.8 Å². The maximum Gasteiger partial charge on any atom is 0.240 e. The first-order chi connectivity index (χ1) is 66.6. The van der Waals surface area contributed by atoms with Gasteiger partial charge in [-0.15, -0.1) is 0 Å². The average Bonchev–Trinajstić information content (AvgIpc) is 1.65. The Hall–Kier alpha value is -12.1. The molecule has 0 unspecified atom stereocenters. The third kappa shape index (κ3) is 27.2. The Balaban J connectivity index is 0.000000169. The van der Waals surface area contributed by atoms with Crippen LogP contribution in [-0.2, 0) is 52.8 Å². The molecule has 0 saturated carbocycles. The number of primary sulfonamides is 1. The molecule has 748 valence electrons. The number of nitrogens with zero attached hydrogens (tertiary/aromatic N) is 12. The van der Waals surface area contributed by atoms with Crippen molar-refractivity contribution in [3.8, 4) is 28.7 Å². The molecular formula is C96H117Cl2N21O15P4S3. The third-order valence-corrected chi connectivity index (χ3v) is 35.1. The highest BCUT2D eigenvalue weighted by Crippen LogP contribution is 2.45. The van der Waals surface area contributed by atoms with Gasteiger partial charge in [0.15, 0.2) is 37.1 Å². The molecule has 45 heteroatoms. The monoisotopic (exact) mass is 2090 g/mol. The SMILES string of the molecule is COc1cc(N2CCC(N3CCN(C)CC3)CC2)ccc1Nc1ncc(Cl)c(Nc2c(C)cccc2P(C)(C)=O)n1.COc1cc(P(C)(C)=O)ccc1Nc1ncc(Cl)c(Nc2ccccc2S(N)(=O)=O)n1.COc1cc(P(C)(C)=O)ccc1Nc1ncc(NC=O)c(Nc2ccccc2S(=O)(=O)C(C)C)n1.COc1cc(P(C)(C)=O)ccc1Nc1ncc2ccn(-c3ccccc3S(=O)(=O)C(C)C)c2n1. The second-order valence-electron chi connectivity index (χ2n) is 35.2. The van der Waals surface area contributed by atoms with Gasteiger partial charge in [-0.1, -0.05) is 71.7 Å². The number of nitrogens with one attached hydrogen (secondary N) is 8. The van der Waals surface area contributed by atoms with Crippen molar-refractivity contribution >= 4 is 213 Å². The summed E-state index contributed by atoms with van der Waals surface area (Å²) in [5.74, 6) is 4.00. The summed E-state index contributed by atoms with van der Waals surface area (Å²) in [6.45, 7) is 28.9. The highest BCUT2D eigenvalue weighted by molar-refractivity contribution is 7.92. The van der Waals surface area contributed by atoms with Crippen molar-refractivity contribution in [1.29, 1.82) is 0 Å². The largest absolute Gasteiger partial charge is 0.495 e. The minimum atomic E-state index is -3.95. The second kappa shape index (κ2) is 45.9. The Morgan fingerprint density at radius 1 is 0.440 bits per heavy atom. The minimum Gasteiger partial charge on any atom is -0.495 e. The number of aromatic nitrogens is 9. The lowest BCUT2D eigenvalue weighted by atomic mass is 10.0. The number of methoxy groups -OCH3 is 4. The standard InChI is InChI=1S/C30H41ClN7O2P.C24H27N4O4PS.C23H28N5O5PS.C19H21ClN5O4PS/c1-21-7-6-8-27(41(4,5)39)28(21)34-29-24(31)20-32-30(35-29)33-25-10-9-23(19-26(25)40-3)37-13-11-22(12-14-37)38-17-15-36(2)16-18-38;1-16(2)34(30,31)22-9-7-6-8-20(22)28-13-12-17-15-25-24(27-23(17)28)26-19-11-10-18(33(4,5)29)14-21(19)32-3;1-15(2)35(31,32)21-9-7-6-8-18(21)26-22-19(25-14-29)13-24-23(28-22)27-17-11-10-16(34(4,5)30)12-20(17)33-3;1-29-16-10-12(30(2,3)26)8-9-14(16)24-19-22-11-13(20)18(25-19)23-15-6-4-5-7-17(15)31(21,27)28/h6-10,19-20,22H,11-18H2,1-5H3,(H2,32,33,34,35);6-16H,1-5H3,(H,25,26,27);6-15H,1-5H3,(H,25,29)(H2,24,26,27,28);4-11H,1-3H3,(H2,21,27,28)(H2,22,23,24,25). The van der Waals surface area contributed by atoms with Crippen molar-refractivity contribution in [2.24, 2.45) is 5.14 Å². The van der Waals surface area contributed by atoms with E-state index in [4.69, 9.17) is 47.3 Å². The van der Waals surface area contributed by atoms with Gasteiger partial charge in [0.1, 0.15) is 77.8 Å². The van der Waals surface area contributed by atoms with Gasteiger partial charge < -0.3 is 89.5 Å². The Morgan fingerprint density at radius 2 is 0.858 bits per heavy atom. The van der Waals surface area contributed by atoms with E-state index >= 15 is 0 Å². The van der Waals surface area contributed by atoms with Crippen LogP contribution in [0.1, 0.15) is 46.1 Å². The van der Waals surface area contributed by atoms with Crippen molar-refractivity contribution in [3.05, 3.63) is 216 Å². The van der Waals surface area contributed by atoms with Gasteiger partial charge in [0.2, 0.25) is 40.2 Å². The maximum absolute atomic E-state index is 13.0. The first kappa shape index (κ1) is 108. The molecule has 0 atom stereocenters. The summed E-state index contributed by atoms with van der Waals surface area (Å²) in [4.78, 5) is 54.1. The molecule has 1 amide bonds. The lowest BCUT2D eigenvalue weighted by Crippen LogP contribution is -2.52. The molecule has 0 aliphatic carbocycles. The van der Waals surface area contributed by atoms with E-state index in [1.54, 1.807) is 234 Å². The summed E-state index contributed by atoms with van der Waals surface area (Å²) in [6, 6.07) is 49.6. The molecular weight excluding hydrogens is 1980 g/mol. The Morgan fingerprint density at radius 3 is 1.33 bits per heavy atom. The number of likely N-dealkylation sites (N-methyl/N-ethyl adjacent to an activating group) is 1. The topological polar surface area (TPSA) is 465 Å². The highest BCUT2D eigenvalue weighted by Gasteiger charge is 2.31. The molecule has 36 nitrogen and oxygen atoms in total. The summed E-state index contributed by atoms with van der Waals surface area (Å²) < 4.78 is 149. The predicted octanol–water partition coefficient (Wildman–Crippen LogP) is 17.5. The number of fused-ring (bicyclic) bond motifs is 1. The van der Waals surface area contributed by atoms with Crippen LogP contribution < -0.4 is 92.7 Å². The number of halogens is 2. The van der Waals surface area contributed by atoms with Crippen LogP contribution in [-0.4, -0.2) is 231 Å². The van der Waals surface area contributed by atoms with Gasteiger partial charge >= 0.3 is 0 Å². The summed E-state index contributed by atoms with van der Waals surface area (Å²) in [6.07, 6.45) is 10.6. The van der Waals surface area contributed by atoms with Gasteiger partial charge in [-0.05, 0) is 229 Å². The molecule has 2 aliphatic heterocycles. The van der Waals surface area contributed by atoms with Crippen LogP contribution in [0.3, 0.4) is 0 Å². The number of para-hydroxylation sites is 4. The van der Waals surface area contributed by atoms with Gasteiger partial charge in [0, 0.05) is 96.1 Å². The van der Waals surface area contributed by atoms with Crippen LogP contribution in [0, 0.1) is 6.92 Å². The number of amides is 1. The number of hydrogen-bond acceptors (Lipinski definition) is 33. The third-order valence-electron chi connectivity index (χ3n) is 23.0. The number of hydrogen-bond donors (Lipinski definition) is 9. The number of rotatable bonds is 32. The fraction of sp³-hybridized carbons (Fsp3) is 0.302. The molecule has 141 heavy (non-hydrogen) atoms.